The van der Waals surface area contributed by atoms with Crippen LogP contribution in [0.1, 0.15) is 33.6 Å². The van der Waals surface area contributed by atoms with Crippen molar-refractivity contribution in [1.29, 1.82) is 0 Å². The molecule has 1 aliphatic rings. The molecule has 3 heteroatoms. The molecule has 0 spiro atoms. The summed E-state index contributed by atoms with van der Waals surface area (Å²) in [4.78, 5) is 0. The first-order valence-corrected chi connectivity index (χ1v) is 4.88. The topological polar surface area (TPSA) is 24.1 Å². The van der Waals surface area contributed by atoms with E-state index in [0.29, 0.717) is 6.17 Å². The van der Waals surface area contributed by atoms with Crippen LogP contribution in [0.3, 0.4) is 0 Å². The summed E-state index contributed by atoms with van der Waals surface area (Å²) in [5, 5.41) is 6.13. The molecule has 1 unspecified atom stereocenters. The number of hydrogen-bond acceptors (Lipinski definition) is 2. The minimum Gasteiger partial charge on any atom is -0.369 e. The number of unbranched alkanes of at least 4 members (excludes halogenated alkanes) is 1. The molecule has 0 aliphatic carbocycles. The lowest BCUT2D eigenvalue weighted by atomic mass is 10.4. The van der Waals surface area contributed by atoms with Gasteiger partial charge in [-0.1, -0.05) is 26.7 Å². The van der Waals surface area contributed by atoms with Gasteiger partial charge in [0.25, 0.3) is 0 Å². The van der Waals surface area contributed by atoms with Gasteiger partial charge in [0.05, 0.1) is 10.8 Å². The fraction of sp³-hybridized carbons (Fsp3) is 0.750. The molecule has 1 aliphatic heterocycles. The van der Waals surface area contributed by atoms with E-state index >= 15 is 0 Å². The highest BCUT2D eigenvalue weighted by Gasteiger charge is 2.04. The number of halogens is 1. The highest BCUT2D eigenvalue weighted by molar-refractivity contribution is 9.11. The molecule has 0 aromatic rings. The van der Waals surface area contributed by atoms with Crippen LogP contribution in [0, 0.1) is 0 Å². The van der Waals surface area contributed by atoms with Crippen molar-refractivity contribution in [3.05, 3.63) is 10.8 Å². The summed E-state index contributed by atoms with van der Waals surface area (Å²) in [7, 11) is 0. The fourth-order valence-corrected chi connectivity index (χ4v) is 0.964. The van der Waals surface area contributed by atoms with Crippen molar-refractivity contribution in [2.24, 2.45) is 0 Å². The Labute approximate surface area is 77.6 Å². The predicted molar refractivity (Wildman–Crippen MR) is 53.3 cm³/mol. The van der Waals surface area contributed by atoms with Gasteiger partial charge in [-0.05, 0) is 22.9 Å². The van der Waals surface area contributed by atoms with Crippen LogP contribution in [-0.2, 0) is 0 Å². The van der Waals surface area contributed by atoms with Crippen LogP contribution in [0.4, 0.5) is 0 Å². The van der Waals surface area contributed by atoms with Gasteiger partial charge in [0.2, 0.25) is 0 Å². The summed E-state index contributed by atoms with van der Waals surface area (Å²) in [6.07, 6.45) is 4.92. The van der Waals surface area contributed by atoms with Gasteiger partial charge in [0.1, 0.15) is 0 Å². The monoisotopic (exact) mass is 220 g/mol. The Kier molecular flexibility index (Phi) is 6.42. The van der Waals surface area contributed by atoms with Gasteiger partial charge in [-0.25, -0.2) is 0 Å². The van der Waals surface area contributed by atoms with Crippen molar-refractivity contribution in [1.82, 2.24) is 10.6 Å². The Bertz CT molecular complexity index is 121. The Balaban J connectivity index is 0.000000218. The number of nitrogens with one attached hydrogen (secondary N) is 2. The van der Waals surface area contributed by atoms with Gasteiger partial charge in [-0.2, -0.15) is 0 Å². The lowest BCUT2D eigenvalue weighted by Gasteiger charge is -2.02. The molecule has 0 aromatic carbocycles. The van der Waals surface area contributed by atoms with Crippen molar-refractivity contribution in [3.8, 4) is 0 Å². The molecular formula is C8H17BrN2. The highest BCUT2D eigenvalue weighted by Crippen LogP contribution is 2.03. The lowest BCUT2D eigenvalue weighted by Crippen LogP contribution is -2.26. The van der Waals surface area contributed by atoms with E-state index in [4.69, 9.17) is 0 Å². The molecule has 0 bridgehead atoms. The average molecular weight is 221 g/mol. The molecule has 0 radical (unpaired) electrons. The van der Waals surface area contributed by atoms with Crippen LogP contribution in [0.2, 0.25) is 0 Å². The van der Waals surface area contributed by atoms with E-state index in [1.807, 2.05) is 13.1 Å². The Morgan fingerprint density at radius 1 is 1.45 bits per heavy atom. The summed E-state index contributed by atoms with van der Waals surface area (Å²) < 4.78 is 1.03. The van der Waals surface area contributed by atoms with Crippen molar-refractivity contribution in [3.63, 3.8) is 0 Å². The van der Waals surface area contributed by atoms with Crippen LogP contribution in [0.25, 0.3) is 0 Å². The standard InChI is InChI=1S/C4H7BrN2.C4H10/c1-3-6-2-4(5)7-3;1-3-4-2/h2-3,6-7H,1H3;3-4H2,1-2H3. The zero-order chi connectivity index (χ0) is 8.69. The first-order chi connectivity index (χ1) is 5.20. The summed E-state index contributed by atoms with van der Waals surface area (Å²) >= 11 is 3.27. The van der Waals surface area contributed by atoms with Crippen LogP contribution in [0.5, 0.6) is 0 Å². The maximum absolute atomic E-state index is 3.27. The van der Waals surface area contributed by atoms with Gasteiger partial charge in [0, 0.05) is 6.20 Å². The Hall–Kier alpha value is -0.180. The zero-order valence-corrected chi connectivity index (χ0v) is 9.03. The van der Waals surface area contributed by atoms with Gasteiger partial charge >= 0.3 is 0 Å². The molecular weight excluding hydrogens is 204 g/mol. The molecule has 2 N–H and O–H groups in total. The minimum absolute atomic E-state index is 0.384. The smallest absolute Gasteiger partial charge is 0.0955 e. The first kappa shape index (κ1) is 10.8. The second-order valence-electron chi connectivity index (χ2n) is 2.52. The molecule has 11 heavy (non-hydrogen) atoms. The van der Waals surface area contributed by atoms with E-state index in [-0.39, 0.29) is 0 Å². The molecule has 0 aromatic heterocycles. The van der Waals surface area contributed by atoms with Crippen LogP contribution < -0.4 is 10.6 Å². The quantitative estimate of drug-likeness (QED) is 0.665. The van der Waals surface area contributed by atoms with Crippen molar-refractivity contribution in [2.75, 3.05) is 0 Å². The molecule has 1 atom stereocenters. The Morgan fingerprint density at radius 3 is 2.09 bits per heavy atom. The maximum Gasteiger partial charge on any atom is 0.0955 e. The minimum atomic E-state index is 0.384. The molecule has 0 fully saturated rings. The summed E-state index contributed by atoms with van der Waals surface area (Å²) in [6, 6.07) is 0. The average Bonchev–Trinajstić information content (AvgIpc) is 2.35. The SMILES string of the molecule is CC1NC=C(Br)N1.CCCC. The number of hydrogen-bond donors (Lipinski definition) is 2. The van der Waals surface area contributed by atoms with E-state index in [2.05, 4.69) is 40.4 Å². The summed E-state index contributed by atoms with van der Waals surface area (Å²) in [5.41, 5.74) is 0. The second-order valence-corrected chi connectivity index (χ2v) is 3.38. The predicted octanol–water partition coefficient (Wildman–Crippen LogP) is 2.53. The van der Waals surface area contributed by atoms with Gasteiger partial charge in [-0.15, -0.1) is 0 Å². The van der Waals surface area contributed by atoms with Gasteiger partial charge in [0.15, 0.2) is 0 Å². The molecule has 2 nitrogen and oxygen atoms in total. The van der Waals surface area contributed by atoms with E-state index in [0.717, 1.165) is 4.61 Å². The third-order valence-electron chi connectivity index (χ3n) is 1.31. The van der Waals surface area contributed by atoms with E-state index in [1.54, 1.807) is 0 Å². The number of rotatable bonds is 1. The first-order valence-electron chi connectivity index (χ1n) is 4.09. The summed E-state index contributed by atoms with van der Waals surface area (Å²) in [5.74, 6) is 0. The van der Waals surface area contributed by atoms with E-state index in [9.17, 15) is 0 Å². The normalized spacial score (nSPS) is 20.7. The molecule has 0 saturated carbocycles. The molecule has 0 amide bonds. The highest BCUT2D eigenvalue weighted by atomic mass is 79.9. The van der Waals surface area contributed by atoms with Crippen molar-refractivity contribution >= 4 is 15.9 Å². The maximum atomic E-state index is 3.27. The zero-order valence-electron chi connectivity index (χ0n) is 7.45. The van der Waals surface area contributed by atoms with Gasteiger partial charge in [-0.3, -0.25) is 0 Å². The van der Waals surface area contributed by atoms with Crippen molar-refractivity contribution in [2.45, 2.75) is 39.8 Å². The van der Waals surface area contributed by atoms with E-state index < -0.39 is 0 Å². The Morgan fingerprint density at radius 2 is 2.00 bits per heavy atom. The molecule has 0 saturated heterocycles. The third kappa shape index (κ3) is 6.23. The summed E-state index contributed by atoms with van der Waals surface area (Å²) in [6.45, 7) is 6.41. The van der Waals surface area contributed by atoms with Crippen LogP contribution in [0.15, 0.2) is 10.8 Å². The lowest BCUT2D eigenvalue weighted by molar-refractivity contribution is 0.623. The van der Waals surface area contributed by atoms with E-state index in [1.165, 1.54) is 12.8 Å². The fourth-order valence-electron chi connectivity index (χ4n) is 0.488. The molecule has 1 rings (SSSR count). The van der Waals surface area contributed by atoms with Crippen LogP contribution in [-0.4, -0.2) is 6.17 Å². The van der Waals surface area contributed by atoms with Gasteiger partial charge < -0.3 is 10.6 Å². The molecule has 1 heterocycles. The second kappa shape index (κ2) is 6.53. The van der Waals surface area contributed by atoms with Crippen LogP contribution >= 0.6 is 15.9 Å². The largest absolute Gasteiger partial charge is 0.369 e. The molecule has 66 valence electrons. The van der Waals surface area contributed by atoms with Crippen molar-refractivity contribution < 1.29 is 0 Å². The third-order valence-corrected chi connectivity index (χ3v) is 1.77.